The van der Waals surface area contributed by atoms with Crippen molar-refractivity contribution in [3.8, 4) is 0 Å². The number of hydrogen-bond donors (Lipinski definition) is 1. The maximum absolute atomic E-state index is 12.2. The van der Waals surface area contributed by atoms with E-state index in [1.807, 2.05) is 0 Å². The Balaban J connectivity index is 0.00000128. The van der Waals surface area contributed by atoms with Crippen LogP contribution in [0.2, 0.25) is 0 Å². The zero-order chi connectivity index (χ0) is 11.0. The molecule has 4 heteroatoms. The van der Waals surface area contributed by atoms with Gasteiger partial charge in [-0.3, -0.25) is 4.79 Å². The van der Waals surface area contributed by atoms with Gasteiger partial charge in [0.05, 0.1) is 0 Å². The van der Waals surface area contributed by atoms with E-state index in [2.05, 4.69) is 18.7 Å². The molecule has 1 heterocycles. The maximum atomic E-state index is 12.2. The van der Waals surface area contributed by atoms with E-state index in [1.54, 1.807) is 0 Å². The van der Waals surface area contributed by atoms with Crippen LogP contribution >= 0.6 is 12.4 Å². The van der Waals surface area contributed by atoms with Crippen molar-refractivity contribution in [3.05, 3.63) is 0 Å². The Bertz CT molecular complexity index is 259. The first kappa shape index (κ1) is 13.8. The summed E-state index contributed by atoms with van der Waals surface area (Å²) >= 11 is 0. The van der Waals surface area contributed by atoms with Gasteiger partial charge in [-0.05, 0) is 31.1 Å². The third-order valence-corrected chi connectivity index (χ3v) is 4.07. The van der Waals surface area contributed by atoms with Gasteiger partial charge in [0.2, 0.25) is 5.91 Å². The third-order valence-electron chi connectivity index (χ3n) is 4.07. The van der Waals surface area contributed by atoms with Gasteiger partial charge in [0.1, 0.15) is 0 Å². The molecule has 4 atom stereocenters. The van der Waals surface area contributed by atoms with Crippen LogP contribution in [-0.2, 0) is 4.79 Å². The number of amides is 1. The quantitative estimate of drug-likeness (QED) is 0.806. The summed E-state index contributed by atoms with van der Waals surface area (Å²) in [5.74, 6) is 1.85. The first-order valence-corrected chi connectivity index (χ1v) is 6.15. The number of halogens is 1. The van der Waals surface area contributed by atoms with Crippen LogP contribution in [0.5, 0.6) is 0 Å². The molecule has 16 heavy (non-hydrogen) atoms. The van der Waals surface area contributed by atoms with E-state index in [0.717, 1.165) is 19.4 Å². The predicted octanol–water partition coefficient (Wildman–Crippen LogP) is 1.65. The second kappa shape index (κ2) is 5.37. The van der Waals surface area contributed by atoms with E-state index < -0.39 is 0 Å². The number of rotatable bonds is 2. The number of nitrogens with zero attached hydrogens (tertiary/aromatic N) is 1. The van der Waals surface area contributed by atoms with Gasteiger partial charge < -0.3 is 10.6 Å². The number of hydrogen-bond acceptors (Lipinski definition) is 2. The first-order valence-electron chi connectivity index (χ1n) is 6.15. The molecule has 2 fully saturated rings. The van der Waals surface area contributed by atoms with Crippen molar-refractivity contribution >= 4 is 18.3 Å². The van der Waals surface area contributed by atoms with Crippen molar-refractivity contribution in [2.24, 2.45) is 23.5 Å². The van der Waals surface area contributed by atoms with Crippen molar-refractivity contribution in [1.82, 2.24) is 4.90 Å². The number of carbonyl (C=O) groups is 1. The molecule has 0 aromatic carbocycles. The topological polar surface area (TPSA) is 46.3 Å². The number of nitrogens with two attached hydrogens (primary N) is 1. The average molecular weight is 247 g/mol. The summed E-state index contributed by atoms with van der Waals surface area (Å²) in [6.45, 7) is 5.92. The fourth-order valence-corrected chi connectivity index (χ4v) is 2.76. The van der Waals surface area contributed by atoms with E-state index in [1.165, 1.54) is 6.42 Å². The lowest BCUT2D eigenvalue weighted by Crippen LogP contribution is -2.52. The summed E-state index contributed by atoms with van der Waals surface area (Å²) in [6.07, 6.45) is 3.44. The van der Waals surface area contributed by atoms with Gasteiger partial charge in [-0.2, -0.15) is 0 Å². The van der Waals surface area contributed by atoms with Crippen LogP contribution in [-0.4, -0.2) is 29.9 Å². The highest BCUT2D eigenvalue weighted by atomic mass is 35.5. The minimum absolute atomic E-state index is 0. The van der Waals surface area contributed by atoms with Crippen LogP contribution in [0.4, 0.5) is 0 Å². The molecule has 1 saturated carbocycles. The second-order valence-corrected chi connectivity index (χ2v) is 5.27. The molecule has 2 N–H and O–H groups in total. The lowest BCUT2D eigenvalue weighted by atomic mass is 9.90. The maximum Gasteiger partial charge on any atom is 0.226 e. The highest BCUT2D eigenvalue weighted by Gasteiger charge is 2.44. The molecular weight excluding hydrogens is 224 g/mol. The van der Waals surface area contributed by atoms with E-state index in [9.17, 15) is 4.79 Å². The number of carbonyl (C=O) groups excluding carboxylic acids is 1. The molecule has 1 amide bonds. The summed E-state index contributed by atoms with van der Waals surface area (Å²) in [4.78, 5) is 14.2. The van der Waals surface area contributed by atoms with Gasteiger partial charge in [0, 0.05) is 25.0 Å². The fourth-order valence-electron chi connectivity index (χ4n) is 2.76. The number of piperidine rings is 1. The minimum Gasteiger partial charge on any atom is -0.338 e. The van der Waals surface area contributed by atoms with Crippen molar-refractivity contribution in [2.75, 3.05) is 13.1 Å². The van der Waals surface area contributed by atoms with Crippen LogP contribution in [0.1, 0.15) is 33.1 Å². The molecule has 0 aromatic heterocycles. The Labute approximate surface area is 104 Å². The lowest BCUT2D eigenvalue weighted by Gasteiger charge is -2.39. The summed E-state index contributed by atoms with van der Waals surface area (Å²) in [6, 6.07) is 0.291. The zero-order valence-electron chi connectivity index (χ0n) is 10.2. The summed E-state index contributed by atoms with van der Waals surface area (Å²) in [5, 5.41) is 0. The zero-order valence-corrected chi connectivity index (χ0v) is 11.0. The molecule has 1 aliphatic carbocycles. The molecule has 0 spiro atoms. The van der Waals surface area contributed by atoms with Gasteiger partial charge in [0.15, 0.2) is 0 Å². The number of likely N-dealkylation sites (tertiary alicyclic amines) is 1. The largest absolute Gasteiger partial charge is 0.338 e. The SMILES string of the molecule is CC1CC1C(=O)N1CCCC(C)C1CN.Cl. The monoisotopic (exact) mass is 246 g/mol. The molecule has 0 radical (unpaired) electrons. The van der Waals surface area contributed by atoms with Crippen LogP contribution in [0.25, 0.3) is 0 Å². The molecule has 2 rings (SSSR count). The Kier molecular flexibility index (Phi) is 4.62. The van der Waals surface area contributed by atoms with Crippen LogP contribution in [0.15, 0.2) is 0 Å². The molecular formula is C12H23ClN2O. The van der Waals surface area contributed by atoms with Crippen molar-refractivity contribution in [1.29, 1.82) is 0 Å². The summed E-state index contributed by atoms with van der Waals surface area (Å²) < 4.78 is 0. The van der Waals surface area contributed by atoms with Crippen molar-refractivity contribution in [3.63, 3.8) is 0 Å². The Morgan fingerprint density at radius 3 is 2.50 bits per heavy atom. The second-order valence-electron chi connectivity index (χ2n) is 5.27. The van der Waals surface area contributed by atoms with Crippen LogP contribution < -0.4 is 5.73 Å². The first-order chi connectivity index (χ1) is 7.15. The lowest BCUT2D eigenvalue weighted by molar-refractivity contribution is -0.137. The van der Waals surface area contributed by atoms with Gasteiger partial charge >= 0.3 is 0 Å². The molecule has 0 aromatic rings. The molecule has 1 saturated heterocycles. The minimum atomic E-state index is 0. The van der Waals surface area contributed by atoms with Crippen LogP contribution in [0.3, 0.4) is 0 Å². The standard InChI is InChI=1S/C12H22N2O.ClH/c1-8-4-3-5-14(11(8)7-13)12(15)10-6-9(10)2;/h8-11H,3-7,13H2,1-2H3;1H. The van der Waals surface area contributed by atoms with Gasteiger partial charge in [-0.15, -0.1) is 12.4 Å². The van der Waals surface area contributed by atoms with Gasteiger partial charge in [-0.25, -0.2) is 0 Å². The summed E-state index contributed by atoms with van der Waals surface area (Å²) in [5.41, 5.74) is 5.78. The van der Waals surface area contributed by atoms with Crippen molar-refractivity contribution in [2.45, 2.75) is 39.2 Å². The van der Waals surface area contributed by atoms with Crippen molar-refractivity contribution < 1.29 is 4.79 Å². The molecule has 1 aliphatic heterocycles. The van der Waals surface area contributed by atoms with E-state index in [0.29, 0.717) is 36.2 Å². The average Bonchev–Trinajstić information content (AvgIpc) is 2.94. The normalized spacial score (nSPS) is 37.8. The molecule has 3 nitrogen and oxygen atoms in total. The van der Waals surface area contributed by atoms with E-state index in [-0.39, 0.29) is 12.4 Å². The van der Waals surface area contributed by atoms with Crippen LogP contribution in [0, 0.1) is 17.8 Å². The molecule has 2 aliphatic rings. The molecule has 94 valence electrons. The Morgan fingerprint density at radius 2 is 2.00 bits per heavy atom. The van der Waals surface area contributed by atoms with E-state index >= 15 is 0 Å². The van der Waals surface area contributed by atoms with Gasteiger partial charge in [0.25, 0.3) is 0 Å². The predicted molar refractivity (Wildman–Crippen MR) is 67.5 cm³/mol. The molecule has 0 bridgehead atoms. The third kappa shape index (κ3) is 2.51. The smallest absolute Gasteiger partial charge is 0.226 e. The fraction of sp³-hybridized carbons (Fsp3) is 0.917. The Hall–Kier alpha value is -0.280. The molecule has 4 unspecified atom stereocenters. The Morgan fingerprint density at radius 1 is 1.38 bits per heavy atom. The van der Waals surface area contributed by atoms with Gasteiger partial charge in [-0.1, -0.05) is 13.8 Å². The van der Waals surface area contributed by atoms with E-state index in [4.69, 9.17) is 5.73 Å². The highest BCUT2D eigenvalue weighted by Crippen LogP contribution is 2.40. The highest BCUT2D eigenvalue weighted by molar-refractivity contribution is 5.85. The summed E-state index contributed by atoms with van der Waals surface area (Å²) in [7, 11) is 0.